The van der Waals surface area contributed by atoms with Gasteiger partial charge in [-0.1, -0.05) is 99.5 Å². The smallest absolute Gasteiger partial charge is 0.131 e. The summed E-state index contributed by atoms with van der Waals surface area (Å²) in [6, 6.07) is 26.7. The van der Waals surface area contributed by atoms with E-state index in [-0.39, 0.29) is 11.6 Å². The van der Waals surface area contributed by atoms with Crippen molar-refractivity contribution >= 4 is 0 Å². The van der Waals surface area contributed by atoms with E-state index in [0.29, 0.717) is 16.7 Å². The van der Waals surface area contributed by atoms with Crippen LogP contribution in [-0.2, 0) is 12.8 Å². The molecule has 0 saturated heterocycles. The minimum Gasteiger partial charge on any atom is -0.206 e. The highest BCUT2D eigenvalue weighted by Crippen LogP contribution is 2.31. The molecular weight excluding hydrogens is 398 g/mol. The molecule has 162 valence electrons. The molecule has 0 aliphatic carbocycles. The van der Waals surface area contributed by atoms with E-state index in [1.54, 1.807) is 24.3 Å². The largest absolute Gasteiger partial charge is 0.206 e. The molecule has 0 N–H and O–H groups in total. The summed E-state index contributed by atoms with van der Waals surface area (Å²) in [5.41, 5.74) is 6.85. The average Bonchev–Trinajstić information content (AvgIpc) is 2.80. The van der Waals surface area contributed by atoms with Gasteiger partial charge in [-0.3, -0.25) is 0 Å². The SMILES string of the molecule is CCCc1ccc(-c2ccc(-c3ccc(-c4ccc(CCC)cc4F)cc3F)cc2)cc1. The molecule has 0 unspecified atom stereocenters. The third-order valence-corrected chi connectivity index (χ3v) is 5.87. The van der Waals surface area contributed by atoms with Crippen LogP contribution in [0.25, 0.3) is 33.4 Å². The van der Waals surface area contributed by atoms with Crippen molar-refractivity contribution in [3.05, 3.63) is 108 Å². The molecule has 0 aromatic heterocycles. The van der Waals surface area contributed by atoms with Gasteiger partial charge in [0.25, 0.3) is 0 Å². The van der Waals surface area contributed by atoms with Gasteiger partial charge in [-0.25, -0.2) is 8.78 Å². The Morgan fingerprint density at radius 2 is 0.906 bits per heavy atom. The topological polar surface area (TPSA) is 0 Å². The van der Waals surface area contributed by atoms with Crippen LogP contribution in [0.1, 0.15) is 37.8 Å². The fourth-order valence-electron chi connectivity index (χ4n) is 4.15. The van der Waals surface area contributed by atoms with E-state index >= 15 is 0 Å². The minimum atomic E-state index is -0.351. The van der Waals surface area contributed by atoms with Crippen LogP contribution < -0.4 is 0 Å². The molecule has 0 nitrogen and oxygen atoms in total. The number of halogens is 2. The molecule has 0 amide bonds. The maximum absolute atomic E-state index is 15.0. The van der Waals surface area contributed by atoms with Crippen molar-refractivity contribution in [2.24, 2.45) is 0 Å². The summed E-state index contributed by atoms with van der Waals surface area (Å²) in [6.07, 6.45) is 4.02. The van der Waals surface area contributed by atoms with Crippen molar-refractivity contribution in [2.75, 3.05) is 0 Å². The summed E-state index contributed by atoms with van der Waals surface area (Å²) < 4.78 is 29.5. The van der Waals surface area contributed by atoms with E-state index in [9.17, 15) is 8.78 Å². The van der Waals surface area contributed by atoms with Crippen LogP contribution in [0.2, 0.25) is 0 Å². The number of rotatable bonds is 7. The second-order valence-electron chi connectivity index (χ2n) is 8.28. The van der Waals surface area contributed by atoms with Crippen LogP contribution in [0, 0.1) is 11.6 Å². The number of hydrogen-bond acceptors (Lipinski definition) is 0. The fraction of sp³-hybridized carbons (Fsp3) is 0.200. The molecule has 0 fully saturated rings. The van der Waals surface area contributed by atoms with Gasteiger partial charge in [-0.05, 0) is 58.4 Å². The summed E-state index contributed by atoms with van der Waals surface area (Å²) in [6.45, 7) is 4.24. The lowest BCUT2D eigenvalue weighted by molar-refractivity contribution is 0.625. The lowest BCUT2D eigenvalue weighted by Crippen LogP contribution is -1.91. The molecule has 0 radical (unpaired) electrons. The standard InChI is InChI=1S/C30H28F2/c1-3-5-21-7-10-23(11-8-21)24-12-14-25(15-13-24)27-18-16-26(20-30(27)32)28-17-9-22(6-4-2)19-29(28)31/h7-20H,3-6H2,1-2H3. The highest BCUT2D eigenvalue weighted by Gasteiger charge is 2.11. The Labute approximate surface area is 189 Å². The Hall–Kier alpha value is -3.26. The molecule has 4 rings (SSSR count). The molecular formula is C30H28F2. The first-order valence-corrected chi connectivity index (χ1v) is 11.4. The van der Waals surface area contributed by atoms with Crippen LogP contribution in [0.15, 0.2) is 84.9 Å². The Bertz CT molecular complexity index is 1190. The molecule has 0 aliphatic heterocycles. The molecule has 0 bridgehead atoms. The fourth-order valence-corrected chi connectivity index (χ4v) is 4.15. The monoisotopic (exact) mass is 426 g/mol. The highest BCUT2D eigenvalue weighted by atomic mass is 19.1. The van der Waals surface area contributed by atoms with Crippen molar-refractivity contribution in [1.82, 2.24) is 0 Å². The first kappa shape index (κ1) is 22.0. The van der Waals surface area contributed by atoms with Crippen molar-refractivity contribution in [3.63, 3.8) is 0 Å². The maximum atomic E-state index is 15.0. The van der Waals surface area contributed by atoms with Crippen LogP contribution >= 0.6 is 0 Å². The van der Waals surface area contributed by atoms with Gasteiger partial charge in [0.2, 0.25) is 0 Å². The number of aryl methyl sites for hydroxylation is 2. The van der Waals surface area contributed by atoms with Crippen molar-refractivity contribution in [1.29, 1.82) is 0 Å². The van der Waals surface area contributed by atoms with Gasteiger partial charge in [-0.15, -0.1) is 0 Å². The molecule has 0 aliphatic rings. The zero-order chi connectivity index (χ0) is 22.5. The predicted molar refractivity (Wildman–Crippen MR) is 131 cm³/mol. The van der Waals surface area contributed by atoms with E-state index in [2.05, 4.69) is 38.1 Å². The summed E-state index contributed by atoms with van der Waals surface area (Å²) in [5.74, 6) is -0.659. The summed E-state index contributed by atoms with van der Waals surface area (Å²) in [5, 5.41) is 0. The van der Waals surface area contributed by atoms with Crippen molar-refractivity contribution in [2.45, 2.75) is 39.5 Å². The summed E-state index contributed by atoms with van der Waals surface area (Å²) in [4.78, 5) is 0. The van der Waals surface area contributed by atoms with Crippen LogP contribution in [-0.4, -0.2) is 0 Å². The molecule has 32 heavy (non-hydrogen) atoms. The Balaban J connectivity index is 1.57. The van der Waals surface area contributed by atoms with Gasteiger partial charge in [0.05, 0.1) is 0 Å². The van der Waals surface area contributed by atoms with Gasteiger partial charge in [-0.2, -0.15) is 0 Å². The number of hydrogen-bond donors (Lipinski definition) is 0. The molecule has 0 heterocycles. The van der Waals surface area contributed by atoms with Gasteiger partial charge in [0.1, 0.15) is 11.6 Å². The molecule has 0 saturated carbocycles. The maximum Gasteiger partial charge on any atom is 0.131 e. The normalized spacial score (nSPS) is 11.0. The minimum absolute atomic E-state index is 0.308. The summed E-state index contributed by atoms with van der Waals surface area (Å²) in [7, 11) is 0. The molecule has 0 atom stereocenters. The zero-order valence-electron chi connectivity index (χ0n) is 18.7. The van der Waals surface area contributed by atoms with E-state index in [4.69, 9.17) is 0 Å². The predicted octanol–water partition coefficient (Wildman–Crippen LogP) is 8.87. The van der Waals surface area contributed by atoms with Gasteiger partial charge < -0.3 is 0 Å². The Kier molecular flexibility index (Phi) is 6.80. The second kappa shape index (κ2) is 9.91. The van der Waals surface area contributed by atoms with E-state index < -0.39 is 0 Å². The lowest BCUT2D eigenvalue weighted by atomic mass is 9.96. The van der Waals surface area contributed by atoms with Gasteiger partial charge in [0, 0.05) is 11.1 Å². The molecule has 4 aromatic carbocycles. The second-order valence-corrected chi connectivity index (χ2v) is 8.28. The van der Waals surface area contributed by atoms with Crippen LogP contribution in [0.3, 0.4) is 0 Å². The zero-order valence-corrected chi connectivity index (χ0v) is 18.7. The van der Waals surface area contributed by atoms with E-state index in [1.807, 2.05) is 30.3 Å². The first-order valence-electron chi connectivity index (χ1n) is 11.4. The third kappa shape index (κ3) is 4.80. The molecule has 0 spiro atoms. The first-order chi connectivity index (χ1) is 15.6. The van der Waals surface area contributed by atoms with Gasteiger partial charge >= 0.3 is 0 Å². The highest BCUT2D eigenvalue weighted by molar-refractivity contribution is 5.74. The van der Waals surface area contributed by atoms with Gasteiger partial charge in [0.15, 0.2) is 0 Å². The Morgan fingerprint density at radius 3 is 1.50 bits per heavy atom. The lowest BCUT2D eigenvalue weighted by Gasteiger charge is -2.10. The van der Waals surface area contributed by atoms with Crippen LogP contribution in [0.4, 0.5) is 8.78 Å². The quantitative estimate of drug-likeness (QED) is 0.277. The van der Waals surface area contributed by atoms with Crippen molar-refractivity contribution < 1.29 is 8.78 Å². The average molecular weight is 427 g/mol. The third-order valence-electron chi connectivity index (χ3n) is 5.87. The Morgan fingerprint density at radius 1 is 0.469 bits per heavy atom. The van der Waals surface area contributed by atoms with Crippen LogP contribution in [0.5, 0.6) is 0 Å². The molecule has 2 heteroatoms. The van der Waals surface area contributed by atoms with Crippen molar-refractivity contribution in [3.8, 4) is 33.4 Å². The van der Waals surface area contributed by atoms with E-state index in [1.165, 1.54) is 11.6 Å². The number of benzene rings is 4. The van der Waals surface area contributed by atoms with E-state index in [0.717, 1.165) is 47.9 Å². The summed E-state index contributed by atoms with van der Waals surface area (Å²) >= 11 is 0. The molecule has 4 aromatic rings.